The highest BCUT2D eigenvalue weighted by Gasteiger charge is 2.22. The maximum absolute atomic E-state index is 11.2. The Morgan fingerprint density at radius 2 is 2.19 bits per heavy atom. The fourth-order valence-corrected chi connectivity index (χ4v) is 2.05. The van der Waals surface area contributed by atoms with Gasteiger partial charge in [0.05, 0.1) is 20.8 Å². The first-order valence-corrected chi connectivity index (χ1v) is 7.22. The highest BCUT2D eigenvalue weighted by Crippen LogP contribution is 2.27. The zero-order chi connectivity index (χ0) is 15.6. The van der Waals surface area contributed by atoms with Crippen LogP contribution in [-0.4, -0.2) is 31.2 Å². The lowest BCUT2D eigenvalue weighted by Crippen LogP contribution is -2.11. The molecule has 0 saturated carbocycles. The maximum Gasteiger partial charge on any atom is 0.332 e. The van der Waals surface area contributed by atoms with Crippen LogP contribution in [0, 0.1) is 24.0 Å². The Labute approximate surface area is 129 Å². The summed E-state index contributed by atoms with van der Waals surface area (Å²) in [6, 6.07) is 0. The molecule has 0 spiro atoms. The Morgan fingerprint density at radius 3 is 2.71 bits per heavy atom. The molecule has 0 bridgehead atoms. The van der Waals surface area contributed by atoms with Gasteiger partial charge in [0.25, 0.3) is 0 Å². The number of anilines is 1. The van der Waals surface area contributed by atoms with Crippen LogP contribution in [0.2, 0.25) is 0 Å². The van der Waals surface area contributed by atoms with Crippen LogP contribution >= 0.6 is 15.9 Å². The van der Waals surface area contributed by atoms with Crippen molar-refractivity contribution in [1.29, 1.82) is 0 Å². The third-order valence-corrected chi connectivity index (χ3v) is 4.03. The number of nitrogens with zero attached hydrogens (tertiary/aromatic N) is 5. The number of rotatable bonds is 5. The van der Waals surface area contributed by atoms with E-state index in [9.17, 15) is 10.1 Å². The summed E-state index contributed by atoms with van der Waals surface area (Å²) in [6.45, 7) is 6.33. The number of hydrogen-bond acceptors (Lipinski definition) is 6. The van der Waals surface area contributed by atoms with Crippen LogP contribution in [0.3, 0.4) is 0 Å². The van der Waals surface area contributed by atoms with E-state index < -0.39 is 4.92 Å². The maximum atomic E-state index is 11.2. The lowest BCUT2D eigenvalue weighted by atomic mass is 10.4. The molecule has 2 aromatic rings. The lowest BCUT2D eigenvalue weighted by Gasteiger charge is -2.07. The Bertz CT molecular complexity index is 685. The number of hydrogen-bond donors (Lipinski definition) is 1. The molecule has 112 valence electrons. The first-order valence-electron chi connectivity index (χ1n) is 6.43. The molecule has 0 aliphatic heterocycles. The number of nitrogens with one attached hydrogen (secondary N) is 1. The topological polar surface area (TPSA) is 98.8 Å². The van der Waals surface area contributed by atoms with Gasteiger partial charge in [-0.25, -0.2) is 9.67 Å². The number of aromatic nitrogens is 4. The fraction of sp³-hybridized carbons (Fsp3) is 0.417. The van der Waals surface area contributed by atoms with Gasteiger partial charge in [-0.05, 0) is 36.2 Å². The normalized spacial score (nSPS) is 10.7. The SMILES string of the molecule is CCCNc1ncc([N+](=O)[O-])c(-n2nc(C)c(Br)c2C)n1. The van der Waals surface area contributed by atoms with Crippen molar-refractivity contribution in [2.45, 2.75) is 27.2 Å². The van der Waals surface area contributed by atoms with E-state index in [1.807, 2.05) is 20.8 Å². The van der Waals surface area contributed by atoms with Crippen LogP contribution < -0.4 is 5.32 Å². The molecule has 0 unspecified atom stereocenters. The zero-order valence-corrected chi connectivity index (χ0v) is 13.5. The van der Waals surface area contributed by atoms with E-state index in [1.54, 1.807) is 0 Å². The molecule has 2 heterocycles. The van der Waals surface area contributed by atoms with E-state index in [-0.39, 0.29) is 11.5 Å². The second-order valence-electron chi connectivity index (χ2n) is 4.48. The Balaban J connectivity index is 2.57. The van der Waals surface area contributed by atoms with E-state index in [1.165, 1.54) is 10.9 Å². The van der Waals surface area contributed by atoms with E-state index in [2.05, 4.69) is 36.3 Å². The summed E-state index contributed by atoms with van der Waals surface area (Å²) in [4.78, 5) is 18.9. The van der Waals surface area contributed by atoms with Gasteiger partial charge in [0.1, 0.15) is 6.20 Å². The van der Waals surface area contributed by atoms with Gasteiger partial charge >= 0.3 is 5.69 Å². The fourth-order valence-electron chi connectivity index (χ4n) is 1.80. The summed E-state index contributed by atoms with van der Waals surface area (Å²) in [5, 5.41) is 18.5. The van der Waals surface area contributed by atoms with Crippen molar-refractivity contribution in [2.75, 3.05) is 11.9 Å². The smallest absolute Gasteiger partial charge is 0.332 e. The standard InChI is InChI=1S/C12H15BrN6O2/c1-4-5-14-12-15-6-9(19(20)21)11(16-12)18-8(3)10(13)7(2)17-18/h6H,4-5H2,1-3H3,(H,14,15,16). The van der Waals surface area contributed by atoms with Gasteiger partial charge in [-0.1, -0.05) is 6.92 Å². The van der Waals surface area contributed by atoms with Gasteiger partial charge in [-0.3, -0.25) is 10.1 Å². The molecule has 0 aliphatic rings. The van der Waals surface area contributed by atoms with Crippen molar-refractivity contribution < 1.29 is 4.92 Å². The van der Waals surface area contributed by atoms with Crippen molar-refractivity contribution >= 4 is 27.6 Å². The average molecular weight is 355 g/mol. The van der Waals surface area contributed by atoms with Crippen LogP contribution in [-0.2, 0) is 0 Å². The van der Waals surface area contributed by atoms with Gasteiger partial charge in [-0.15, -0.1) is 0 Å². The third kappa shape index (κ3) is 3.02. The number of nitro groups is 1. The molecule has 2 aromatic heterocycles. The van der Waals surface area contributed by atoms with Crippen LogP contribution in [0.25, 0.3) is 5.82 Å². The van der Waals surface area contributed by atoms with Crippen LogP contribution in [0.15, 0.2) is 10.7 Å². The van der Waals surface area contributed by atoms with Gasteiger partial charge in [0, 0.05) is 6.54 Å². The Morgan fingerprint density at radius 1 is 1.48 bits per heavy atom. The summed E-state index contributed by atoms with van der Waals surface area (Å²) in [6.07, 6.45) is 2.10. The molecular weight excluding hydrogens is 340 g/mol. The monoisotopic (exact) mass is 354 g/mol. The van der Waals surface area contributed by atoms with Crippen LogP contribution in [0.4, 0.5) is 11.6 Å². The van der Waals surface area contributed by atoms with Crippen molar-refractivity contribution in [3.63, 3.8) is 0 Å². The first kappa shape index (κ1) is 15.4. The third-order valence-electron chi connectivity index (χ3n) is 2.88. The van der Waals surface area contributed by atoms with Crippen molar-refractivity contribution in [1.82, 2.24) is 19.7 Å². The quantitative estimate of drug-likeness (QED) is 0.654. The molecule has 9 heteroatoms. The molecule has 0 aromatic carbocycles. The molecule has 2 rings (SSSR count). The summed E-state index contributed by atoms with van der Waals surface area (Å²) in [7, 11) is 0. The summed E-state index contributed by atoms with van der Waals surface area (Å²) in [5.74, 6) is 0.501. The predicted octanol–water partition coefficient (Wildman–Crippen LogP) is 2.77. The zero-order valence-electron chi connectivity index (χ0n) is 11.9. The second-order valence-corrected chi connectivity index (χ2v) is 5.28. The summed E-state index contributed by atoms with van der Waals surface area (Å²) >= 11 is 3.41. The van der Waals surface area contributed by atoms with Crippen LogP contribution in [0.1, 0.15) is 24.7 Å². The van der Waals surface area contributed by atoms with Crippen molar-refractivity contribution in [3.05, 3.63) is 32.2 Å². The van der Waals surface area contributed by atoms with E-state index in [0.29, 0.717) is 12.5 Å². The highest BCUT2D eigenvalue weighted by molar-refractivity contribution is 9.10. The van der Waals surface area contributed by atoms with Crippen molar-refractivity contribution in [2.24, 2.45) is 0 Å². The van der Waals surface area contributed by atoms with E-state index in [4.69, 9.17) is 0 Å². The van der Waals surface area contributed by atoms with E-state index >= 15 is 0 Å². The molecule has 0 atom stereocenters. The molecule has 8 nitrogen and oxygen atoms in total. The van der Waals surface area contributed by atoms with Crippen molar-refractivity contribution in [3.8, 4) is 5.82 Å². The minimum Gasteiger partial charge on any atom is -0.354 e. The second kappa shape index (κ2) is 6.17. The molecule has 0 saturated heterocycles. The Kier molecular flexibility index (Phi) is 4.51. The highest BCUT2D eigenvalue weighted by atomic mass is 79.9. The molecule has 0 aliphatic carbocycles. The van der Waals surface area contributed by atoms with E-state index in [0.717, 1.165) is 22.3 Å². The molecule has 0 radical (unpaired) electrons. The van der Waals surface area contributed by atoms with Gasteiger partial charge in [0.15, 0.2) is 0 Å². The first-order chi connectivity index (χ1) is 9.95. The average Bonchev–Trinajstić information content (AvgIpc) is 2.72. The number of halogens is 1. The van der Waals surface area contributed by atoms with Gasteiger partial charge in [-0.2, -0.15) is 10.1 Å². The molecular formula is C12H15BrN6O2. The van der Waals surface area contributed by atoms with Crippen LogP contribution in [0.5, 0.6) is 0 Å². The largest absolute Gasteiger partial charge is 0.354 e. The van der Waals surface area contributed by atoms with Gasteiger partial charge in [0.2, 0.25) is 11.8 Å². The molecule has 21 heavy (non-hydrogen) atoms. The number of aryl methyl sites for hydroxylation is 1. The minimum absolute atomic E-state index is 0.153. The Hall–Kier alpha value is -2.03. The summed E-state index contributed by atoms with van der Waals surface area (Å²) < 4.78 is 2.26. The molecule has 0 fully saturated rings. The summed E-state index contributed by atoms with van der Waals surface area (Å²) in [5.41, 5.74) is 1.30. The minimum atomic E-state index is -0.511. The lowest BCUT2D eigenvalue weighted by molar-refractivity contribution is -0.385. The molecule has 0 amide bonds. The predicted molar refractivity (Wildman–Crippen MR) is 81.8 cm³/mol. The van der Waals surface area contributed by atoms with Gasteiger partial charge < -0.3 is 5.32 Å². The molecule has 1 N–H and O–H groups in total.